The Balaban J connectivity index is 1.87. The van der Waals surface area contributed by atoms with Gasteiger partial charge >= 0.3 is 0 Å². The number of hydrogen-bond donors (Lipinski definition) is 0. The van der Waals surface area contributed by atoms with Gasteiger partial charge in [0.05, 0.1) is 11.0 Å². The topological polar surface area (TPSA) is 43.6 Å². The predicted octanol–water partition coefficient (Wildman–Crippen LogP) is 5.86. The Hall–Kier alpha value is -2.75. The first kappa shape index (κ1) is 17.7. The summed E-state index contributed by atoms with van der Waals surface area (Å²) in [6.45, 7) is 5.47. The van der Waals surface area contributed by atoms with Crippen molar-refractivity contribution in [3.8, 4) is 11.4 Å². The maximum atomic E-state index is 4.93. The molecule has 0 amide bonds. The average Bonchev–Trinajstić information content (AvgIpc) is 3.07. The molecule has 0 aliphatic rings. The van der Waals surface area contributed by atoms with Crippen LogP contribution in [-0.2, 0) is 6.54 Å². The van der Waals surface area contributed by atoms with Crippen LogP contribution in [0.5, 0.6) is 0 Å². The van der Waals surface area contributed by atoms with E-state index in [9.17, 15) is 0 Å². The molecular weight excluding hydrogens is 332 g/mol. The molecule has 0 radical (unpaired) electrons. The van der Waals surface area contributed by atoms with E-state index in [1.807, 2.05) is 30.3 Å². The van der Waals surface area contributed by atoms with Gasteiger partial charge in [-0.3, -0.25) is 0 Å². The van der Waals surface area contributed by atoms with Crippen LogP contribution in [0.15, 0.2) is 54.6 Å². The second-order valence-corrected chi connectivity index (χ2v) is 7.19. The number of para-hydroxylation sites is 2. The third-order valence-electron chi connectivity index (χ3n) is 5.27. The van der Waals surface area contributed by atoms with Crippen molar-refractivity contribution in [2.45, 2.75) is 46.1 Å². The molecule has 0 aliphatic carbocycles. The summed E-state index contributed by atoms with van der Waals surface area (Å²) < 4.78 is 2.29. The lowest BCUT2D eigenvalue weighted by Gasteiger charge is -2.17. The fourth-order valence-electron chi connectivity index (χ4n) is 3.65. The molecule has 4 aromatic rings. The van der Waals surface area contributed by atoms with Gasteiger partial charge in [0.1, 0.15) is 5.82 Å². The smallest absolute Gasteiger partial charge is 0.198 e. The summed E-state index contributed by atoms with van der Waals surface area (Å²) in [7, 11) is 0. The zero-order valence-electron chi connectivity index (χ0n) is 16.1. The second kappa shape index (κ2) is 7.87. The second-order valence-electron chi connectivity index (χ2n) is 7.19. The Labute approximate surface area is 160 Å². The van der Waals surface area contributed by atoms with Crippen molar-refractivity contribution < 1.29 is 0 Å². The molecule has 1 unspecified atom stereocenters. The van der Waals surface area contributed by atoms with E-state index in [4.69, 9.17) is 15.0 Å². The quantitative estimate of drug-likeness (QED) is 0.415. The number of unbranched alkanes of at least 4 members (excludes halogenated alkanes) is 1. The highest BCUT2D eigenvalue weighted by Crippen LogP contribution is 2.27. The third kappa shape index (κ3) is 3.57. The highest BCUT2D eigenvalue weighted by atomic mass is 15.2. The molecule has 0 saturated heterocycles. The van der Waals surface area contributed by atoms with Crippen molar-refractivity contribution in [2.75, 3.05) is 0 Å². The molecule has 4 nitrogen and oxygen atoms in total. The van der Waals surface area contributed by atoms with Gasteiger partial charge in [-0.05, 0) is 24.5 Å². The predicted molar refractivity (Wildman–Crippen MR) is 112 cm³/mol. The fraction of sp³-hybridized carbons (Fsp3) is 0.348. The van der Waals surface area contributed by atoms with Crippen LogP contribution in [0, 0.1) is 5.92 Å². The van der Waals surface area contributed by atoms with Gasteiger partial charge in [0.25, 0.3) is 0 Å². The van der Waals surface area contributed by atoms with Crippen LogP contribution in [0.2, 0.25) is 0 Å². The Morgan fingerprint density at radius 1 is 0.852 bits per heavy atom. The van der Waals surface area contributed by atoms with E-state index in [2.05, 4.69) is 42.7 Å². The first-order valence-electron chi connectivity index (χ1n) is 9.98. The maximum Gasteiger partial charge on any atom is 0.198 e. The molecule has 1 atom stereocenters. The lowest BCUT2D eigenvalue weighted by molar-refractivity contribution is 0.396. The summed E-state index contributed by atoms with van der Waals surface area (Å²) in [4.78, 5) is 14.6. The number of nitrogens with zero attached hydrogens (tertiary/aromatic N) is 4. The van der Waals surface area contributed by atoms with E-state index in [-0.39, 0.29) is 0 Å². The average molecular weight is 358 g/mol. The van der Waals surface area contributed by atoms with Crippen LogP contribution in [-0.4, -0.2) is 19.5 Å². The molecule has 0 N–H and O–H groups in total. The minimum Gasteiger partial charge on any atom is -0.307 e. The van der Waals surface area contributed by atoms with Crippen LogP contribution in [0.1, 0.15) is 39.5 Å². The Morgan fingerprint density at radius 2 is 1.56 bits per heavy atom. The monoisotopic (exact) mass is 358 g/mol. The van der Waals surface area contributed by atoms with Gasteiger partial charge < -0.3 is 4.57 Å². The first-order chi connectivity index (χ1) is 13.3. The molecule has 4 heteroatoms. The standard InChI is InChI=1S/C23H26N4/c1-3-5-11-17(4-2)16-27-22(18-12-7-6-8-13-18)26-21-23(27)25-20-15-10-9-14-19(20)24-21/h6-10,12-15,17H,3-5,11,16H2,1-2H3. The molecule has 0 spiro atoms. The highest BCUT2D eigenvalue weighted by Gasteiger charge is 2.18. The summed E-state index contributed by atoms with van der Waals surface area (Å²) in [5.74, 6) is 1.59. The molecule has 2 aromatic carbocycles. The van der Waals surface area contributed by atoms with Gasteiger partial charge in [-0.15, -0.1) is 0 Å². The highest BCUT2D eigenvalue weighted by molar-refractivity contribution is 5.84. The molecule has 2 heterocycles. The lowest BCUT2D eigenvalue weighted by Crippen LogP contribution is -2.12. The number of imidazole rings is 1. The van der Waals surface area contributed by atoms with Crippen LogP contribution in [0.4, 0.5) is 0 Å². The van der Waals surface area contributed by atoms with E-state index < -0.39 is 0 Å². The SMILES string of the molecule is CCCCC(CC)Cn1c(-c2ccccc2)nc2nc3ccccc3nc21. The van der Waals surface area contributed by atoms with Gasteiger partial charge in [0.15, 0.2) is 11.3 Å². The van der Waals surface area contributed by atoms with Crippen molar-refractivity contribution in [1.82, 2.24) is 19.5 Å². The lowest BCUT2D eigenvalue weighted by atomic mass is 9.99. The van der Waals surface area contributed by atoms with E-state index >= 15 is 0 Å². The Bertz CT molecular complexity index is 1040. The molecule has 0 bridgehead atoms. The maximum absolute atomic E-state index is 4.93. The van der Waals surface area contributed by atoms with Crippen LogP contribution < -0.4 is 0 Å². The Kier molecular flexibility index (Phi) is 5.14. The molecular formula is C23H26N4. The number of benzene rings is 2. The van der Waals surface area contributed by atoms with E-state index in [1.165, 1.54) is 19.3 Å². The largest absolute Gasteiger partial charge is 0.307 e. The number of rotatable bonds is 7. The van der Waals surface area contributed by atoms with Crippen LogP contribution in [0.25, 0.3) is 33.7 Å². The van der Waals surface area contributed by atoms with Crippen molar-refractivity contribution in [1.29, 1.82) is 0 Å². The Morgan fingerprint density at radius 3 is 2.26 bits per heavy atom. The van der Waals surface area contributed by atoms with Crippen LogP contribution in [0.3, 0.4) is 0 Å². The minimum atomic E-state index is 0.623. The number of fused-ring (bicyclic) bond motifs is 2. The molecule has 4 rings (SSSR count). The zero-order valence-corrected chi connectivity index (χ0v) is 16.1. The van der Waals surface area contributed by atoms with Gasteiger partial charge in [-0.1, -0.05) is 75.6 Å². The molecule has 0 fully saturated rings. The van der Waals surface area contributed by atoms with Gasteiger partial charge in [-0.2, -0.15) is 0 Å². The van der Waals surface area contributed by atoms with Crippen molar-refractivity contribution >= 4 is 22.3 Å². The third-order valence-corrected chi connectivity index (χ3v) is 5.27. The molecule has 0 saturated carbocycles. The normalized spacial score (nSPS) is 12.7. The zero-order chi connectivity index (χ0) is 18.6. The van der Waals surface area contributed by atoms with Crippen molar-refractivity contribution in [3.05, 3.63) is 54.6 Å². The van der Waals surface area contributed by atoms with E-state index in [0.717, 1.165) is 46.7 Å². The summed E-state index contributed by atoms with van der Waals surface area (Å²) in [5.41, 5.74) is 4.56. The van der Waals surface area contributed by atoms with Gasteiger partial charge in [-0.25, -0.2) is 15.0 Å². The molecule has 138 valence electrons. The molecule has 2 aromatic heterocycles. The van der Waals surface area contributed by atoms with Gasteiger partial charge in [0, 0.05) is 12.1 Å². The first-order valence-corrected chi connectivity index (χ1v) is 9.98. The van der Waals surface area contributed by atoms with E-state index in [0.29, 0.717) is 5.92 Å². The summed E-state index contributed by atoms with van der Waals surface area (Å²) in [5, 5.41) is 0. The van der Waals surface area contributed by atoms with E-state index in [1.54, 1.807) is 0 Å². The van der Waals surface area contributed by atoms with Gasteiger partial charge in [0.2, 0.25) is 0 Å². The van der Waals surface area contributed by atoms with Crippen molar-refractivity contribution in [2.24, 2.45) is 5.92 Å². The number of aromatic nitrogens is 4. The number of hydrogen-bond acceptors (Lipinski definition) is 3. The van der Waals surface area contributed by atoms with Crippen molar-refractivity contribution in [3.63, 3.8) is 0 Å². The van der Waals surface area contributed by atoms with Crippen LogP contribution >= 0.6 is 0 Å². The summed E-state index contributed by atoms with van der Waals surface area (Å²) in [6, 6.07) is 18.4. The summed E-state index contributed by atoms with van der Waals surface area (Å²) in [6.07, 6.45) is 4.90. The summed E-state index contributed by atoms with van der Waals surface area (Å²) >= 11 is 0. The molecule has 27 heavy (non-hydrogen) atoms. The fourth-order valence-corrected chi connectivity index (χ4v) is 3.65. The molecule has 0 aliphatic heterocycles. The minimum absolute atomic E-state index is 0.623.